The van der Waals surface area contributed by atoms with Gasteiger partial charge in [0.2, 0.25) is 5.88 Å². The van der Waals surface area contributed by atoms with Gasteiger partial charge in [0, 0.05) is 29.9 Å². The molecule has 0 saturated carbocycles. The molecule has 3 rings (SSSR count). The molecular formula is C21H18ClF2NO3. The topological polar surface area (TPSA) is 48.4 Å². The van der Waals surface area contributed by atoms with Crippen molar-refractivity contribution in [1.29, 1.82) is 0 Å². The molecule has 0 bridgehead atoms. The lowest BCUT2D eigenvalue weighted by molar-refractivity contribution is 0.0174. The van der Waals surface area contributed by atoms with Crippen LogP contribution in [-0.4, -0.2) is 25.2 Å². The van der Waals surface area contributed by atoms with Gasteiger partial charge < -0.3 is 9.47 Å². The van der Waals surface area contributed by atoms with Crippen LogP contribution >= 0.6 is 11.6 Å². The highest BCUT2D eigenvalue weighted by Crippen LogP contribution is 2.35. The van der Waals surface area contributed by atoms with Crippen LogP contribution in [0.4, 0.5) is 8.78 Å². The Labute approximate surface area is 166 Å². The Morgan fingerprint density at radius 2 is 1.82 bits per heavy atom. The fourth-order valence-corrected chi connectivity index (χ4v) is 3.23. The van der Waals surface area contributed by atoms with Gasteiger partial charge in [-0.2, -0.15) is 0 Å². The van der Waals surface area contributed by atoms with E-state index < -0.39 is 11.9 Å². The number of carbonyl (C=O) groups excluding carboxylic acids is 1. The Balaban J connectivity index is 2.06. The summed E-state index contributed by atoms with van der Waals surface area (Å²) in [5.41, 5.74) is 2.24. The lowest BCUT2D eigenvalue weighted by Gasteiger charge is -2.14. The number of aromatic nitrogens is 1. The van der Waals surface area contributed by atoms with Gasteiger partial charge in [-0.25, -0.2) is 18.6 Å². The van der Waals surface area contributed by atoms with Gasteiger partial charge in [-0.15, -0.1) is 0 Å². The van der Waals surface area contributed by atoms with Gasteiger partial charge >= 0.3 is 5.97 Å². The summed E-state index contributed by atoms with van der Waals surface area (Å²) in [5, 5.41) is 0.967. The van der Waals surface area contributed by atoms with E-state index in [1.807, 2.05) is 0 Å². The summed E-state index contributed by atoms with van der Waals surface area (Å²) in [7, 11) is 2.78. The third kappa shape index (κ3) is 3.92. The molecule has 0 spiro atoms. The molecule has 0 radical (unpaired) electrons. The van der Waals surface area contributed by atoms with Crippen LogP contribution in [0.1, 0.15) is 34.0 Å². The van der Waals surface area contributed by atoms with Gasteiger partial charge in [0.05, 0.1) is 30.3 Å². The number of hydrogen-bond donors (Lipinski definition) is 0. The molecule has 3 aromatic rings. The smallest absolute Gasteiger partial charge is 0.337 e. The molecule has 0 aliphatic rings. The summed E-state index contributed by atoms with van der Waals surface area (Å²) in [5.74, 6) is -3.04. The maximum atomic E-state index is 13.4. The molecule has 0 aliphatic heterocycles. The first-order valence-corrected chi connectivity index (χ1v) is 8.84. The minimum atomic E-state index is -2.90. The lowest BCUT2D eigenvalue weighted by Crippen LogP contribution is -2.07. The van der Waals surface area contributed by atoms with E-state index in [9.17, 15) is 13.6 Å². The number of alkyl halides is 2. The van der Waals surface area contributed by atoms with Crippen molar-refractivity contribution in [3.63, 3.8) is 0 Å². The first-order valence-electron chi connectivity index (χ1n) is 8.46. The number of pyridine rings is 1. The highest BCUT2D eigenvalue weighted by molar-refractivity contribution is 6.36. The van der Waals surface area contributed by atoms with E-state index in [1.54, 1.807) is 30.3 Å². The second kappa shape index (κ2) is 7.72. The Kier molecular flexibility index (Phi) is 5.52. The molecule has 0 unspecified atom stereocenters. The van der Waals surface area contributed by atoms with Gasteiger partial charge in [-0.3, -0.25) is 0 Å². The second-order valence-corrected chi connectivity index (χ2v) is 6.78. The third-order valence-corrected chi connectivity index (χ3v) is 4.87. The number of methoxy groups -OCH3 is 2. The van der Waals surface area contributed by atoms with Crippen molar-refractivity contribution in [3.05, 3.63) is 69.7 Å². The predicted octanol–water partition coefficient (Wildman–Crippen LogP) is 5.39. The molecule has 0 fully saturated rings. The van der Waals surface area contributed by atoms with E-state index in [0.29, 0.717) is 39.4 Å². The summed E-state index contributed by atoms with van der Waals surface area (Å²) in [4.78, 5) is 16.3. The first kappa shape index (κ1) is 20.0. The number of hydrogen-bond acceptors (Lipinski definition) is 4. The Hall–Kier alpha value is -2.73. The number of halogens is 3. The fourth-order valence-electron chi connectivity index (χ4n) is 2.93. The van der Waals surface area contributed by atoms with Crippen molar-refractivity contribution in [2.24, 2.45) is 0 Å². The molecule has 1 aromatic heterocycles. The number of nitrogens with zero attached hydrogens (tertiary/aromatic N) is 1. The summed E-state index contributed by atoms with van der Waals surface area (Å²) in [6, 6.07) is 10.9. The number of esters is 1. The van der Waals surface area contributed by atoms with Crippen LogP contribution in [0.5, 0.6) is 5.88 Å². The normalized spacial score (nSPS) is 11.5. The average Bonchev–Trinajstić information content (AvgIpc) is 2.68. The minimum absolute atomic E-state index is 0.0614. The van der Waals surface area contributed by atoms with Crippen LogP contribution in [0.3, 0.4) is 0 Å². The highest BCUT2D eigenvalue weighted by atomic mass is 35.5. The van der Waals surface area contributed by atoms with E-state index in [2.05, 4.69) is 4.98 Å². The minimum Gasteiger partial charge on any atom is -0.481 e. The maximum absolute atomic E-state index is 13.4. The monoisotopic (exact) mass is 405 g/mol. The molecule has 4 nitrogen and oxygen atoms in total. The largest absolute Gasteiger partial charge is 0.481 e. The highest BCUT2D eigenvalue weighted by Gasteiger charge is 2.24. The second-order valence-electron chi connectivity index (χ2n) is 6.40. The van der Waals surface area contributed by atoms with Crippen molar-refractivity contribution >= 4 is 28.5 Å². The molecule has 0 atom stereocenters. The van der Waals surface area contributed by atoms with E-state index in [1.165, 1.54) is 26.4 Å². The SMILES string of the molecule is COC(=O)c1ccc2nc(OC)c(Cc3ccc(C(C)(F)F)cc3)c(Cl)c2c1. The van der Waals surface area contributed by atoms with Gasteiger partial charge in [0.1, 0.15) is 0 Å². The average molecular weight is 406 g/mol. The zero-order chi connectivity index (χ0) is 20.5. The summed E-state index contributed by atoms with van der Waals surface area (Å²) < 4.78 is 36.9. The number of rotatable bonds is 5. The quantitative estimate of drug-likeness (QED) is 0.534. The molecule has 0 N–H and O–H groups in total. The van der Waals surface area contributed by atoms with Crippen LogP contribution in [0, 0.1) is 0 Å². The zero-order valence-electron chi connectivity index (χ0n) is 15.6. The van der Waals surface area contributed by atoms with Crippen molar-refractivity contribution in [3.8, 4) is 5.88 Å². The lowest BCUT2D eigenvalue weighted by atomic mass is 10.0. The van der Waals surface area contributed by atoms with Gasteiger partial charge in [0.15, 0.2) is 0 Å². The summed E-state index contributed by atoms with van der Waals surface area (Å²) in [6.07, 6.45) is 0.336. The van der Waals surface area contributed by atoms with Crippen LogP contribution < -0.4 is 4.74 Å². The van der Waals surface area contributed by atoms with Gasteiger partial charge in [-0.1, -0.05) is 35.9 Å². The molecule has 2 aromatic carbocycles. The van der Waals surface area contributed by atoms with Gasteiger partial charge in [0.25, 0.3) is 5.92 Å². The number of benzene rings is 2. The summed E-state index contributed by atoms with van der Waals surface area (Å²) in [6.45, 7) is 0.855. The molecule has 0 aliphatic carbocycles. The third-order valence-electron chi connectivity index (χ3n) is 4.43. The van der Waals surface area contributed by atoms with E-state index in [4.69, 9.17) is 21.1 Å². The first-order chi connectivity index (χ1) is 13.2. The van der Waals surface area contributed by atoms with E-state index in [0.717, 1.165) is 12.5 Å². The van der Waals surface area contributed by atoms with Crippen LogP contribution in [-0.2, 0) is 17.1 Å². The van der Waals surface area contributed by atoms with Crippen molar-refractivity contribution < 1.29 is 23.0 Å². The Morgan fingerprint density at radius 1 is 1.14 bits per heavy atom. The molecular weight excluding hydrogens is 388 g/mol. The fraction of sp³-hybridized carbons (Fsp3) is 0.238. The summed E-state index contributed by atoms with van der Waals surface area (Å²) >= 11 is 6.61. The number of ether oxygens (including phenoxy) is 2. The van der Waals surface area contributed by atoms with E-state index >= 15 is 0 Å². The van der Waals surface area contributed by atoms with E-state index in [-0.39, 0.29) is 5.56 Å². The molecule has 0 amide bonds. The predicted molar refractivity (Wildman–Crippen MR) is 103 cm³/mol. The van der Waals surface area contributed by atoms with Crippen molar-refractivity contribution in [1.82, 2.24) is 4.98 Å². The van der Waals surface area contributed by atoms with Gasteiger partial charge in [-0.05, 0) is 23.8 Å². The molecule has 0 saturated heterocycles. The van der Waals surface area contributed by atoms with Crippen molar-refractivity contribution in [2.75, 3.05) is 14.2 Å². The number of carbonyl (C=O) groups is 1. The molecule has 28 heavy (non-hydrogen) atoms. The van der Waals surface area contributed by atoms with Crippen molar-refractivity contribution in [2.45, 2.75) is 19.3 Å². The Morgan fingerprint density at radius 3 is 2.39 bits per heavy atom. The zero-order valence-corrected chi connectivity index (χ0v) is 16.3. The number of fused-ring (bicyclic) bond motifs is 1. The van der Waals surface area contributed by atoms with Crippen LogP contribution in [0.15, 0.2) is 42.5 Å². The molecule has 1 heterocycles. The Bertz CT molecular complexity index is 1030. The van der Waals surface area contributed by atoms with Crippen LogP contribution in [0.25, 0.3) is 10.9 Å². The maximum Gasteiger partial charge on any atom is 0.337 e. The molecule has 7 heteroatoms. The molecule has 146 valence electrons. The standard InChI is InChI=1S/C21H18ClF2NO3/c1-21(23,24)14-7-4-12(5-8-14)10-16-18(22)15-11-13(20(26)28-3)6-9-17(15)25-19(16)27-2/h4-9,11H,10H2,1-3H3. The van der Waals surface area contributed by atoms with Crippen LogP contribution in [0.2, 0.25) is 5.02 Å².